The predicted molar refractivity (Wildman–Crippen MR) is 182 cm³/mol. The van der Waals surface area contributed by atoms with Crippen LogP contribution in [0.4, 0.5) is 0 Å². The summed E-state index contributed by atoms with van der Waals surface area (Å²) >= 11 is 1.57. The average Bonchev–Trinajstić information content (AvgIpc) is 3.42. The Hall–Kier alpha value is -4.37. The Kier molecular flexibility index (Phi) is 10.8. The summed E-state index contributed by atoms with van der Waals surface area (Å²) in [5.74, 6) is -0.0602. The lowest BCUT2D eigenvalue weighted by Crippen LogP contribution is -2.17. The lowest BCUT2D eigenvalue weighted by atomic mass is 9.78. The van der Waals surface area contributed by atoms with Crippen molar-refractivity contribution >= 4 is 23.3 Å². The van der Waals surface area contributed by atoms with E-state index < -0.39 is 11.9 Å². The van der Waals surface area contributed by atoms with Crippen LogP contribution in [0.15, 0.2) is 60.7 Å². The van der Waals surface area contributed by atoms with Crippen molar-refractivity contribution < 1.29 is 34.4 Å². The number of rotatable bonds is 13. The molecule has 0 saturated carbocycles. The molecule has 0 atom stereocenters. The van der Waals surface area contributed by atoms with Crippen LogP contribution in [0.1, 0.15) is 78.4 Å². The molecule has 1 heterocycles. The fourth-order valence-corrected chi connectivity index (χ4v) is 6.05. The number of carboxylic acid groups (broad SMARTS) is 2. The maximum atomic E-state index is 11.3. The van der Waals surface area contributed by atoms with E-state index >= 15 is 0 Å². The molecule has 1 aromatic heterocycles. The first kappa shape index (κ1) is 34.5. The summed E-state index contributed by atoms with van der Waals surface area (Å²) in [6.45, 7) is 13.2. The summed E-state index contributed by atoms with van der Waals surface area (Å²) in [6.07, 6.45) is 0.969. The Morgan fingerprint density at radius 3 is 1.54 bits per heavy atom. The van der Waals surface area contributed by atoms with Crippen LogP contribution in [-0.2, 0) is 20.4 Å². The van der Waals surface area contributed by atoms with Gasteiger partial charge in [-0.15, -0.1) is 11.3 Å². The molecule has 0 unspecified atom stereocenters. The molecular weight excluding hydrogens is 602 g/mol. The first-order valence-electron chi connectivity index (χ1n) is 15.4. The average molecular weight is 646 g/mol. The number of aliphatic carboxylic acids is 2. The standard InChI is InChI=1S/C37H43NO7S/c1-36(2,3)28-21-25(22-29(33(28)43)37(4,5)6)35-38-32(23-11-15-26(16-12-23)44-19-7-9-30(39)40)34(46-35)24-13-17-27(18-14-24)45-20-8-10-31(41)42/h11-18,21-22,43H,7-10,19-20H2,1-6H3,(H,39,40)(H,41,42). The molecule has 0 spiro atoms. The van der Waals surface area contributed by atoms with E-state index in [9.17, 15) is 14.7 Å². The van der Waals surface area contributed by atoms with Gasteiger partial charge in [0.05, 0.1) is 23.8 Å². The zero-order valence-corrected chi connectivity index (χ0v) is 28.2. The molecule has 0 aliphatic heterocycles. The number of phenols is 1. The summed E-state index contributed by atoms with van der Waals surface area (Å²) in [5, 5.41) is 29.9. The third-order valence-corrected chi connectivity index (χ3v) is 8.61. The van der Waals surface area contributed by atoms with Gasteiger partial charge in [-0.3, -0.25) is 9.59 Å². The molecule has 9 heteroatoms. The lowest BCUT2D eigenvalue weighted by molar-refractivity contribution is -0.138. The molecule has 4 aromatic rings. The van der Waals surface area contributed by atoms with Gasteiger partial charge in [0.1, 0.15) is 22.3 Å². The van der Waals surface area contributed by atoms with E-state index in [1.807, 2.05) is 60.7 Å². The van der Waals surface area contributed by atoms with Gasteiger partial charge in [-0.05, 0) is 89.9 Å². The van der Waals surface area contributed by atoms with Gasteiger partial charge in [0.2, 0.25) is 0 Å². The lowest BCUT2D eigenvalue weighted by Gasteiger charge is -2.28. The first-order chi connectivity index (χ1) is 21.6. The molecule has 244 valence electrons. The topological polar surface area (TPSA) is 126 Å². The summed E-state index contributed by atoms with van der Waals surface area (Å²) in [4.78, 5) is 27.8. The maximum Gasteiger partial charge on any atom is 0.303 e. The Bertz CT molecular complexity index is 1540. The quantitative estimate of drug-likeness (QED) is 0.123. The molecule has 0 aliphatic rings. The monoisotopic (exact) mass is 645 g/mol. The number of phenolic OH excluding ortho intramolecular Hbond substituents is 1. The number of nitrogens with zero attached hydrogens (tertiary/aromatic N) is 1. The fourth-order valence-electron chi connectivity index (χ4n) is 4.97. The number of hydrogen-bond acceptors (Lipinski definition) is 7. The Balaban J connectivity index is 1.75. The van der Waals surface area contributed by atoms with E-state index in [0.717, 1.165) is 43.4 Å². The molecule has 8 nitrogen and oxygen atoms in total. The van der Waals surface area contributed by atoms with Gasteiger partial charge in [-0.1, -0.05) is 41.5 Å². The number of aromatic hydroxyl groups is 1. The predicted octanol–water partition coefficient (Wildman–Crippen LogP) is 8.93. The molecule has 3 N–H and O–H groups in total. The number of hydrogen-bond donors (Lipinski definition) is 3. The SMILES string of the molecule is CC(C)(C)c1cc(-c2nc(-c3ccc(OCCCC(=O)O)cc3)c(-c3ccc(OCCCC(=O)O)cc3)s2)cc(C(C)(C)C)c1O. The van der Waals surface area contributed by atoms with E-state index in [0.29, 0.717) is 43.3 Å². The van der Waals surface area contributed by atoms with Gasteiger partial charge in [0.15, 0.2) is 0 Å². The van der Waals surface area contributed by atoms with Crippen molar-refractivity contribution in [2.45, 2.75) is 78.1 Å². The van der Waals surface area contributed by atoms with Crippen molar-refractivity contribution in [1.29, 1.82) is 0 Å². The Morgan fingerprint density at radius 2 is 1.13 bits per heavy atom. The minimum absolute atomic E-state index is 0.0559. The van der Waals surface area contributed by atoms with Crippen molar-refractivity contribution in [3.05, 3.63) is 71.8 Å². The van der Waals surface area contributed by atoms with Gasteiger partial charge in [-0.25, -0.2) is 4.98 Å². The largest absolute Gasteiger partial charge is 0.507 e. The zero-order chi connectivity index (χ0) is 33.6. The van der Waals surface area contributed by atoms with Crippen molar-refractivity contribution in [3.8, 4) is 49.5 Å². The zero-order valence-electron chi connectivity index (χ0n) is 27.3. The molecule has 46 heavy (non-hydrogen) atoms. The van der Waals surface area contributed by atoms with Crippen molar-refractivity contribution in [1.82, 2.24) is 4.98 Å². The molecule has 0 amide bonds. The van der Waals surface area contributed by atoms with Gasteiger partial charge >= 0.3 is 11.9 Å². The number of carboxylic acids is 2. The van der Waals surface area contributed by atoms with Crippen LogP contribution < -0.4 is 9.47 Å². The first-order valence-corrected chi connectivity index (χ1v) is 16.2. The van der Waals surface area contributed by atoms with Crippen LogP contribution >= 0.6 is 11.3 Å². The minimum atomic E-state index is -0.846. The van der Waals surface area contributed by atoms with E-state index in [1.54, 1.807) is 11.3 Å². The number of ether oxygens (including phenoxy) is 2. The van der Waals surface area contributed by atoms with Gasteiger partial charge in [0.25, 0.3) is 0 Å². The van der Waals surface area contributed by atoms with Crippen LogP contribution in [0, 0.1) is 0 Å². The molecular formula is C37H43NO7S. The number of carbonyl (C=O) groups is 2. The second-order valence-electron chi connectivity index (χ2n) is 13.4. The summed E-state index contributed by atoms with van der Waals surface area (Å²) in [6, 6.07) is 19.4. The molecule has 0 radical (unpaired) electrons. The molecule has 0 bridgehead atoms. The number of benzene rings is 3. The minimum Gasteiger partial charge on any atom is -0.507 e. The second-order valence-corrected chi connectivity index (χ2v) is 14.4. The van der Waals surface area contributed by atoms with E-state index in [2.05, 4.69) is 41.5 Å². The molecule has 0 saturated heterocycles. The second kappa shape index (κ2) is 14.4. The highest BCUT2D eigenvalue weighted by molar-refractivity contribution is 7.19. The van der Waals surface area contributed by atoms with Gasteiger partial charge < -0.3 is 24.8 Å². The van der Waals surface area contributed by atoms with Gasteiger partial charge in [-0.2, -0.15) is 0 Å². The maximum absolute atomic E-state index is 11.3. The Morgan fingerprint density at radius 1 is 0.696 bits per heavy atom. The normalized spacial score (nSPS) is 11.8. The van der Waals surface area contributed by atoms with Crippen LogP contribution in [0.25, 0.3) is 32.3 Å². The number of aromatic nitrogens is 1. The van der Waals surface area contributed by atoms with Crippen LogP contribution in [0.3, 0.4) is 0 Å². The van der Waals surface area contributed by atoms with Crippen LogP contribution in [-0.4, -0.2) is 45.5 Å². The molecule has 4 rings (SSSR count). The smallest absolute Gasteiger partial charge is 0.303 e. The molecule has 0 aliphatic carbocycles. The number of thiazole rings is 1. The molecule has 0 fully saturated rings. The van der Waals surface area contributed by atoms with E-state index in [4.69, 9.17) is 24.7 Å². The highest BCUT2D eigenvalue weighted by atomic mass is 32.1. The summed E-state index contributed by atoms with van der Waals surface area (Å²) in [7, 11) is 0. The van der Waals surface area contributed by atoms with Crippen molar-refractivity contribution in [2.75, 3.05) is 13.2 Å². The van der Waals surface area contributed by atoms with E-state index in [1.165, 1.54) is 0 Å². The van der Waals surface area contributed by atoms with Gasteiger partial charge in [0, 0.05) is 35.1 Å². The third kappa shape index (κ3) is 8.88. The molecule has 3 aromatic carbocycles. The van der Waals surface area contributed by atoms with E-state index in [-0.39, 0.29) is 23.7 Å². The van der Waals surface area contributed by atoms with Crippen molar-refractivity contribution in [2.24, 2.45) is 0 Å². The Labute approximate surface area is 274 Å². The van der Waals surface area contributed by atoms with Crippen molar-refractivity contribution in [3.63, 3.8) is 0 Å². The van der Waals surface area contributed by atoms with Crippen LogP contribution in [0.2, 0.25) is 0 Å². The third-order valence-electron chi connectivity index (χ3n) is 7.45. The highest BCUT2D eigenvalue weighted by Crippen LogP contribution is 2.46. The highest BCUT2D eigenvalue weighted by Gasteiger charge is 2.28. The summed E-state index contributed by atoms with van der Waals surface area (Å²) < 4.78 is 11.5. The summed E-state index contributed by atoms with van der Waals surface area (Å²) in [5.41, 5.74) is 4.74. The van der Waals surface area contributed by atoms with Crippen LogP contribution in [0.5, 0.6) is 17.2 Å². The fraction of sp³-hybridized carbons (Fsp3) is 0.378.